The summed E-state index contributed by atoms with van der Waals surface area (Å²) < 4.78 is 28.7. The van der Waals surface area contributed by atoms with Crippen molar-refractivity contribution in [2.45, 2.75) is 391 Å². The van der Waals surface area contributed by atoms with Crippen LogP contribution in [0.15, 0.2) is 36.5 Å². The molecule has 0 aliphatic carbocycles. The third kappa shape index (κ3) is 50.5. The second-order valence-corrected chi connectivity index (χ2v) is 24.9. The highest BCUT2D eigenvalue weighted by atomic mass is 16.7. The van der Waals surface area contributed by atoms with E-state index in [-0.39, 0.29) is 25.9 Å². The van der Waals surface area contributed by atoms with Crippen LogP contribution in [0.5, 0.6) is 0 Å². The third-order valence-corrected chi connectivity index (χ3v) is 16.7. The van der Waals surface area contributed by atoms with E-state index in [0.717, 1.165) is 89.9 Å². The Balaban J connectivity index is 2.61. The average Bonchev–Trinajstić information content (AvgIpc) is 3.51. The van der Waals surface area contributed by atoms with Crippen molar-refractivity contribution in [3.63, 3.8) is 0 Å². The number of rotatable bonds is 63. The first kappa shape index (κ1) is 80.0. The lowest BCUT2D eigenvalue weighted by Gasteiger charge is -2.40. The lowest BCUT2D eigenvalue weighted by Crippen LogP contribution is -2.61. The van der Waals surface area contributed by atoms with Crippen molar-refractivity contribution in [2.75, 3.05) is 13.2 Å². The third-order valence-electron chi connectivity index (χ3n) is 16.7. The van der Waals surface area contributed by atoms with Crippen molar-refractivity contribution < 1.29 is 58.2 Å². The van der Waals surface area contributed by atoms with Crippen LogP contribution in [0.2, 0.25) is 0 Å². The number of carbonyl (C=O) groups is 4. The van der Waals surface area contributed by atoms with Crippen molar-refractivity contribution in [1.82, 2.24) is 0 Å². The molecular weight excluding hydrogens is 1070 g/mol. The molecule has 496 valence electrons. The molecule has 0 aromatic rings. The van der Waals surface area contributed by atoms with Gasteiger partial charge >= 0.3 is 23.9 Å². The second kappa shape index (κ2) is 61.2. The monoisotopic (exact) mass is 1200 g/mol. The average molecular weight is 1200 g/mol. The molecule has 0 radical (unpaired) electrons. The molecule has 0 aromatic carbocycles. The highest BCUT2D eigenvalue weighted by Gasteiger charge is 2.50. The Labute approximate surface area is 521 Å². The van der Waals surface area contributed by atoms with Gasteiger partial charge in [-0.3, -0.25) is 14.4 Å². The topological polar surface area (TPSA) is 175 Å². The Bertz CT molecular complexity index is 1610. The Morgan fingerprint density at radius 1 is 0.388 bits per heavy atom. The molecule has 0 saturated carbocycles. The molecule has 6 unspecified atom stereocenters. The maximum Gasteiger partial charge on any atom is 0.335 e. The molecule has 85 heavy (non-hydrogen) atoms. The van der Waals surface area contributed by atoms with E-state index in [1.807, 2.05) is 0 Å². The van der Waals surface area contributed by atoms with Crippen LogP contribution in [0.1, 0.15) is 355 Å². The number of esters is 3. The van der Waals surface area contributed by atoms with Crippen LogP contribution >= 0.6 is 0 Å². The van der Waals surface area contributed by atoms with Gasteiger partial charge in [0.2, 0.25) is 0 Å². The number of carbonyl (C=O) groups excluding carboxylic acids is 3. The fourth-order valence-electron chi connectivity index (χ4n) is 11.2. The number of ether oxygens (including phenoxy) is 5. The molecule has 1 aliphatic rings. The zero-order chi connectivity index (χ0) is 61.7. The van der Waals surface area contributed by atoms with Crippen LogP contribution in [-0.2, 0) is 42.9 Å². The van der Waals surface area contributed by atoms with E-state index in [0.29, 0.717) is 19.3 Å². The minimum Gasteiger partial charge on any atom is -0.479 e. The zero-order valence-corrected chi connectivity index (χ0v) is 55.1. The number of aliphatic hydroxyl groups is 2. The highest BCUT2D eigenvalue weighted by molar-refractivity contribution is 5.74. The van der Waals surface area contributed by atoms with Gasteiger partial charge in [0.1, 0.15) is 18.8 Å². The molecular formula is C73H132O12. The molecule has 1 heterocycles. The Hall–Kier alpha value is -3.06. The number of aliphatic hydroxyl groups excluding tert-OH is 2. The summed E-state index contributed by atoms with van der Waals surface area (Å²) in [6.07, 6.45) is 62.4. The summed E-state index contributed by atoms with van der Waals surface area (Å²) >= 11 is 0. The van der Waals surface area contributed by atoms with E-state index in [2.05, 4.69) is 57.2 Å². The highest BCUT2D eigenvalue weighted by Crippen LogP contribution is 2.27. The number of unbranched alkanes of at least 4 members (excludes halogenated alkanes) is 43. The van der Waals surface area contributed by atoms with Gasteiger partial charge in [-0.2, -0.15) is 0 Å². The molecule has 0 bridgehead atoms. The van der Waals surface area contributed by atoms with Gasteiger partial charge in [0.25, 0.3) is 0 Å². The molecule has 1 aliphatic heterocycles. The van der Waals surface area contributed by atoms with E-state index < -0.39 is 67.3 Å². The largest absolute Gasteiger partial charge is 0.479 e. The van der Waals surface area contributed by atoms with Crippen LogP contribution in [0.4, 0.5) is 0 Å². The number of hydrogen-bond acceptors (Lipinski definition) is 11. The summed E-state index contributed by atoms with van der Waals surface area (Å²) in [6, 6.07) is 0. The number of aliphatic carboxylic acids is 1. The van der Waals surface area contributed by atoms with Crippen LogP contribution < -0.4 is 0 Å². The first-order valence-electron chi connectivity index (χ1n) is 36.0. The number of carboxylic acid groups (broad SMARTS) is 1. The molecule has 1 saturated heterocycles. The fourth-order valence-corrected chi connectivity index (χ4v) is 11.2. The standard InChI is InChI=1S/C73H132O12/c1-4-7-10-13-16-19-22-25-28-31-33-36-38-41-44-47-50-53-56-59-65(74)81-62-64(83-66(75)60-57-54-51-48-45-42-39-35-30-27-24-21-18-15-12-9-6-3)63-82-73-71(69(78)68(77)70(85-73)72(79)80)84-67(76)61-58-55-52-49-46-43-40-37-34-32-29-26-23-20-17-14-11-8-5-2/h16,19,25,28,33,36,64,68-71,73,77-78H,4-15,17-18,20-24,26-27,29-32,34-35,37-63H2,1-3H3,(H,79,80)/b19-16-,28-25-,36-33-. The first-order valence-corrected chi connectivity index (χ1v) is 36.0. The summed E-state index contributed by atoms with van der Waals surface area (Å²) in [7, 11) is 0. The van der Waals surface area contributed by atoms with Crippen molar-refractivity contribution in [3.05, 3.63) is 36.5 Å². The molecule has 12 nitrogen and oxygen atoms in total. The predicted octanol–water partition coefficient (Wildman–Crippen LogP) is 19.9. The minimum atomic E-state index is -1.90. The fraction of sp³-hybridized carbons (Fsp3) is 0.863. The molecule has 3 N–H and O–H groups in total. The second-order valence-electron chi connectivity index (χ2n) is 24.9. The van der Waals surface area contributed by atoms with Gasteiger partial charge in [-0.25, -0.2) is 4.79 Å². The van der Waals surface area contributed by atoms with Crippen LogP contribution in [0, 0.1) is 0 Å². The van der Waals surface area contributed by atoms with Crippen molar-refractivity contribution in [1.29, 1.82) is 0 Å². The van der Waals surface area contributed by atoms with Crippen LogP contribution in [0.25, 0.3) is 0 Å². The maximum absolute atomic E-state index is 13.2. The maximum atomic E-state index is 13.2. The minimum absolute atomic E-state index is 0.0662. The van der Waals surface area contributed by atoms with Gasteiger partial charge in [0, 0.05) is 19.3 Å². The van der Waals surface area contributed by atoms with E-state index >= 15 is 0 Å². The molecule has 6 atom stereocenters. The smallest absolute Gasteiger partial charge is 0.335 e. The quantitative estimate of drug-likeness (QED) is 0.0228. The lowest BCUT2D eigenvalue weighted by atomic mass is 9.98. The first-order chi connectivity index (χ1) is 41.6. The SMILES string of the molecule is CCCCC/C=C\C/C=C\C/C=C\CCCCCCCCC(=O)OCC(COC1OC(C(=O)O)C(O)C(O)C1OC(=O)CCCCCCCCCCCCCCCCCCCCC)OC(=O)CCCCCCCCCCCCCCCCCCC. The molecule has 1 rings (SSSR count). The predicted molar refractivity (Wildman–Crippen MR) is 350 cm³/mol. The van der Waals surface area contributed by atoms with Gasteiger partial charge in [0.05, 0.1) is 6.61 Å². The molecule has 12 heteroatoms. The normalized spacial score (nSPS) is 17.6. The Morgan fingerprint density at radius 2 is 0.706 bits per heavy atom. The summed E-state index contributed by atoms with van der Waals surface area (Å²) in [4.78, 5) is 51.5. The van der Waals surface area contributed by atoms with Crippen LogP contribution in [0.3, 0.4) is 0 Å². The van der Waals surface area contributed by atoms with Gasteiger partial charge in [-0.1, -0.05) is 314 Å². The number of hydrogen-bond donors (Lipinski definition) is 3. The van der Waals surface area contributed by atoms with E-state index in [4.69, 9.17) is 23.7 Å². The molecule has 0 spiro atoms. The number of allylic oxidation sites excluding steroid dienone is 6. The van der Waals surface area contributed by atoms with Crippen molar-refractivity contribution in [3.8, 4) is 0 Å². The lowest BCUT2D eigenvalue weighted by molar-refractivity contribution is -0.301. The number of carboxylic acids is 1. The van der Waals surface area contributed by atoms with E-state index in [1.54, 1.807) is 0 Å². The van der Waals surface area contributed by atoms with Gasteiger partial charge < -0.3 is 39.0 Å². The Morgan fingerprint density at radius 3 is 1.09 bits per heavy atom. The van der Waals surface area contributed by atoms with Crippen molar-refractivity contribution in [2.24, 2.45) is 0 Å². The van der Waals surface area contributed by atoms with Gasteiger partial charge in [0.15, 0.2) is 24.6 Å². The van der Waals surface area contributed by atoms with Crippen LogP contribution in [-0.4, -0.2) is 89.2 Å². The van der Waals surface area contributed by atoms with Gasteiger partial charge in [-0.05, 0) is 57.8 Å². The summed E-state index contributed by atoms with van der Waals surface area (Å²) in [5.74, 6) is -3.09. The summed E-state index contributed by atoms with van der Waals surface area (Å²) in [6.45, 7) is 6.04. The van der Waals surface area contributed by atoms with E-state index in [1.165, 1.54) is 205 Å². The summed E-state index contributed by atoms with van der Waals surface area (Å²) in [5, 5.41) is 31.7. The summed E-state index contributed by atoms with van der Waals surface area (Å²) in [5.41, 5.74) is 0. The van der Waals surface area contributed by atoms with E-state index in [9.17, 15) is 34.5 Å². The molecule has 1 fully saturated rings. The Kier molecular flexibility index (Phi) is 57.6. The molecule has 0 amide bonds. The zero-order valence-electron chi connectivity index (χ0n) is 55.1. The van der Waals surface area contributed by atoms with Crippen molar-refractivity contribution >= 4 is 23.9 Å². The molecule has 0 aromatic heterocycles. The van der Waals surface area contributed by atoms with Gasteiger partial charge in [-0.15, -0.1) is 0 Å².